The lowest BCUT2D eigenvalue weighted by Crippen LogP contribution is -2.56. The molecule has 1 atom stereocenters. The molecule has 2 aromatic carbocycles. The van der Waals surface area contributed by atoms with Crippen molar-refractivity contribution in [2.24, 2.45) is 0 Å². The summed E-state index contributed by atoms with van der Waals surface area (Å²) >= 11 is 25.7. The average Bonchev–Trinajstić information content (AvgIpc) is 2.72. The maximum atomic E-state index is 12.9. The molecule has 0 saturated carbocycles. The fourth-order valence-corrected chi connectivity index (χ4v) is 3.56. The minimum absolute atomic E-state index is 0.158. The Balaban J connectivity index is 2.22. The van der Waals surface area contributed by atoms with Crippen LogP contribution in [0, 0.1) is 3.57 Å². The predicted octanol–water partition coefficient (Wildman–Crippen LogP) is 4.73. The molecule has 168 valence electrons. The maximum absolute atomic E-state index is 12.9. The second kappa shape index (κ2) is 11.5. The first-order chi connectivity index (χ1) is 14.6. The SMILES string of the molecule is COc1cc(C(=O)N[C@@H](NC(=S)Nc2ccccc2I)C(Cl)(Cl)Cl)cc(OC)c1OC. The zero-order valence-corrected chi connectivity index (χ0v) is 21.8. The summed E-state index contributed by atoms with van der Waals surface area (Å²) in [6.45, 7) is 0. The van der Waals surface area contributed by atoms with Gasteiger partial charge in [0.2, 0.25) is 9.54 Å². The van der Waals surface area contributed by atoms with Crippen molar-refractivity contribution < 1.29 is 19.0 Å². The summed E-state index contributed by atoms with van der Waals surface area (Å²) in [4.78, 5) is 12.9. The Labute approximate surface area is 214 Å². The van der Waals surface area contributed by atoms with Gasteiger partial charge in [-0.15, -0.1) is 0 Å². The van der Waals surface area contributed by atoms with E-state index in [-0.39, 0.29) is 10.7 Å². The van der Waals surface area contributed by atoms with Crippen molar-refractivity contribution in [3.63, 3.8) is 0 Å². The fraction of sp³-hybridized carbons (Fsp3) is 0.263. The van der Waals surface area contributed by atoms with Crippen LogP contribution < -0.4 is 30.2 Å². The lowest BCUT2D eigenvalue weighted by Gasteiger charge is -2.28. The number of carbonyl (C=O) groups is 1. The molecule has 0 aliphatic heterocycles. The van der Waals surface area contributed by atoms with E-state index in [4.69, 9.17) is 61.2 Å². The molecule has 0 aliphatic rings. The van der Waals surface area contributed by atoms with Gasteiger partial charge < -0.3 is 30.2 Å². The number of carbonyl (C=O) groups excluding carboxylic acids is 1. The van der Waals surface area contributed by atoms with Gasteiger partial charge in [0, 0.05) is 9.13 Å². The summed E-state index contributed by atoms with van der Waals surface area (Å²) in [6, 6.07) is 10.5. The van der Waals surface area contributed by atoms with E-state index in [0.29, 0.717) is 17.2 Å². The number of alkyl halides is 3. The van der Waals surface area contributed by atoms with Gasteiger partial charge in [0.05, 0.1) is 27.0 Å². The smallest absolute Gasteiger partial charge is 0.253 e. The highest BCUT2D eigenvalue weighted by Crippen LogP contribution is 2.38. The zero-order chi connectivity index (χ0) is 23.2. The second-order valence-electron chi connectivity index (χ2n) is 5.94. The molecule has 31 heavy (non-hydrogen) atoms. The van der Waals surface area contributed by atoms with E-state index in [1.54, 1.807) is 0 Å². The molecule has 2 rings (SSSR count). The van der Waals surface area contributed by atoms with Crippen LogP contribution in [0.2, 0.25) is 0 Å². The van der Waals surface area contributed by atoms with Crippen molar-refractivity contribution in [1.29, 1.82) is 0 Å². The van der Waals surface area contributed by atoms with Crippen molar-refractivity contribution in [3.8, 4) is 17.2 Å². The summed E-state index contributed by atoms with van der Waals surface area (Å²) in [7, 11) is 4.35. The third-order valence-corrected chi connectivity index (χ3v) is 5.74. The van der Waals surface area contributed by atoms with Gasteiger partial charge in [0.15, 0.2) is 16.6 Å². The van der Waals surface area contributed by atoms with Crippen LogP contribution in [-0.4, -0.2) is 42.3 Å². The summed E-state index contributed by atoms with van der Waals surface area (Å²) < 4.78 is 14.8. The molecular weight excluding hydrogens is 600 g/mol. The number of halogens is 4. The lowest BCUT2D eigenvalue weighted by molar-refractivity contribution is 0.0933. The standard InChI is InChI=1S/C19H19Cl3IN3O4S/c1-28-13-8-10(9-14(29-2)15(13)30-3)16(27)25-17(19(20,21)22)26-18(31)24-12-7-5-4-6-11(12)23/h4-9,17H,1-3H3,(H,25,27)(H2,24,26,31)/t17-/m0/s1. The third kappa shape index (κ3) is 7.04. The first kappa shape index (κ1) is 25.9. The van der Waals surface area contributed by atoms with Crippen LogP contribution in [-0.2, 0) is 0 Å². The van der Waals surface area contributed by atoms with Crippen LogP contribution in [0.25, 0.3) is 0 Å². The topological polar surface area (TPSA) is 80.9 Å². The van der Waals surface area contributed by atoms with Gasteiger partial charge >= 0.3 is 0 Å². The van der Waals surface area contributed by atoms with Crippen molar-refractivity contribution >= 4 is 86.3 Å². The molecule has 7 nitrogen and oxygen atoms in total. The Hall–Kier alpha value is -1.40. The fourth-order valence-electron chi connectivity index (χ4n) is 2.48. The number of benzene rings is 2. The van der Waals surface area contributed by atoms with Crippen molar-refractivity contribution in [2.45, 2.75) is 9.96 Å². The zero-order valence-electron chi connectivity index (χ0n) is 16.6. The second-order valence-corrected chi connectivity index (χ2v) is 9.88. The van der Waals surface area contributed by atoms with Gasteiger partial charge in [-0.25, -0.2) is 0 Å². The number of rotatable bonds is 7. The minimum atomic E-state index is -1.91. The number of nitrogens with one attached hydrogen (secondary N) is 3. The molecule has 0 saturated heterocycles. The van der Waals surface area contributed by atoms with Crippen LogP contribution in [0.1, 0.15) is 10.4 Å². The predicted molar refractivity (Wildman–Crippen MR) is 136 cm³/mol. The molecule has 0 fully saturated rings. The van der Waals surface area contributed by atoms with Crippen LogP contribution in [0.4, 0.5) is 5.69 Å². The molecular formula is C19H19Cl3IN3O4S. The number of para-hydroxylation sites is 1. The molecule has 0 bridgehead atoms. The third-order valence-electron chi connectivity index (χ3n) is 3.93. The van der Waals surface area contributed by atoms with Gasteiger partial charge in [-0.1, -0.05) is 46.9 Å². The highest BCUT2D eigenvalue weighted by Gasteiger charge is 2.35. The summed E-state index contributed by atoms with van der Waals surface area (Å²) in [6.07, 6.45) is -1.15. The quantitative estimate of drug-likeness (QED) is 0.179. The largest absolute Gasteiger partial charge is 0.493 e. The van der Waals surface area contributed by atoms with Crippen LogP contribution in [0.3, 0.4) is 0 Å². The van der Waals surface area contributed by atoms with E-state index in [1.165, 1.54) is 33.5 Å². The summed E-state index contributed by atoms with van der Waals surface area (Å²) in [5, 5.41) is 8.60. The Morgan fingerprint density at radius 3 is 2.10 bits per heavy atom. The number of hydrogen-bond acceptors (Lipinski definition) is 5. The number of thiocarbonyl (C=S) groups is 1. The molecule has 0 unspecified atom stereocenters. The molecule has 0 radical (unpaired) electrons. The number of methoxy groups -OCH3 is 3. The van der Waals surface area contributed by atoms with Gasteiger partial charge in [-0.05, 0) is 59.1 Å². The molecule has 0 spiro atoms. The number of hydrogen-bond donors (Lipinski definition) is 3. The average molecular weight is 619 g/mol. The molecule has 0 aliphatic carbocycles. The molecule has 0 aromatic heterocycles. The van der Waals surface area contributed by atoms with E-state index in [9.17, 15) is 4.79 Å². The van der Waals surface area contributed by atoms with Crippen molar-refractivity contribution in [1.82, 2.24) is 10.6 Å². The molecule has 2 aromatic rings. The van der Waals surface area contributed by atoms with E-state index in [2.05, 4.69) is 38.5 Å². The highest BCUT2D eigenvalue weighted by molar-refractivity contribution is 14.1. The normalized spacial score (nSPS) is 11.8. The molecule has 3 N–H and O–H groups in total. The van der Waals surface area contributed by atoms with E-state index >= 15 is 0 Å². The van der Waals surface area contributed by atoms with E-state index in [0.717, 1.165) is 9.26 Å². The van der Waals surface area contributed by atoms with E-state index < -0.39 is 15.9 Å². The number of ether oxygens (including phenoxy) is 3. The Morgan fingerprint density at radius 1 is 1.03 bits per heavy atom. The van der Waals surface area contributed by atoms with Crippen LogP contribution in [0.15, 0.2) is 36.4 Å². The van der Waals surface area contributed by atoms with Gasteiger partial charge in [-0.3, -0.25) is 4.79 Å². The summed E-state index contributed by atoms with van der Waals surface area (Å²) in [5.41, 5.74) is 0.964. The lowest BCUT2D eigenvalue weighted by atomic mass is 10.1. The first-order valence-corrected chi connectivity index (χ1v) is 11.2. The molecule has 0 heterocycles. The summed E-state index contributed by atoms with van der Waals surface area (Å²) in [5.74, 6) is 0.406. The Morgan fingerprint density at radius 2 is 1.61 bits per heavy atom. The minimum Gasteiger partial charge on any atom is -0.493 e. The highest BCUT2D eigenvalue weighted by atomic mass is 127. The Bertz CT molecular complexity index is 934. The number of amides is 1. The Kier molecular flexibility index (Phi) is 9.56. The van der Waals surface area contributed by atoms with Gasteiger partial charge in [0.25, 0.3) is 5.91 Å². The number of anilines is 1. The van der Waals surface area contributed by atoms with E-state index in [1.807, 2.05) is 24.3 Å². The van der Waals surface area contributed by atoms with Gasteiger partial charge in [0.1, 0.15) is 6.17 Å². The van der Waals surface area contributed by atoms with Crippen molar-refractivity contribution in [3.05, 3.63) is 45.5 Å². The van der Waals surface area contributed by atoms with Gasteiger partial charge in [-0.2, -0.15) is 0 Å². The van der Waals surface area contributed by atoms with Crippen LogP contribution in [0.5, 0.6) is 17.2 Å². The monoisotopic (exact) mass is 617 g/mol. The van der Waals surface area contributed by atoms with Crippen LogP contribution >= 0.6 is 69.6 Å². The molecule has 12 heteroatoms. The first-order valence-electron chi connectivity index (χ1n) is 8.60. The maximum Gasteiger partial charge on any atom is 0.253 e. The molecule has 1 amide bonds. The van der Waals surface area contributed by atoms with Crippen molar-refractivity contribution in [2.75, 3.05) is 26.6 Å².